The molecule has 0 aromatic rings. The number of rotatable bonds is 6. The van der Waals surface area contributed by atoms with E-state index in [4.69, 9.17) is 15.2 Å². The van der Waals surface area contributed by atoms with Crippen LogP contribution >= 0.6 is 0 Å². The Labute approximate surface area is 91.7 Å². The number of nitrogens with two attached hydrogens (primary N) is 1. The highest BCUT2D eigenvalue weighted by Gasteiger charge is 2.22. The van der Waals surface area contributed by atoms with Gasteiger partial charge in [0.05, 0.1) is 18.3 Å². The van der Waals surface area contributed by atoms with E-state index in [1.807, 2.05) is 0 Å². The summed E-state index contributed by atoms with van der Waals surface area (Å²) in [5.74, 6) is 0. The number of aliphatic hydroxyl groups is 1. The summed E-state index contributed by atoms with van der Waals surface area (Å²) in [5.41, 5.74) is 5.31. The first-order valence-electron chi connectivity index (χ1n) is 5.78. The van der Waals surface area contributed by atoms with Crippen LogP contribution in [0.3, 0.4) is 0 Å². The molecule has 15 heavy (non-hydrogen) atoms. The molecule has 0 aromatic carbocycles. The fraction of sp³-hybridized carbons (Fsp3) is 1.00. The third-order valence-electron chi connectivity index (χ3n) is 2.99. The van der Waals surface area contributed by atoms with Crippen LogP contribution in [0.2, 0.25) is 0 Å². The predicted molar refractivity (Wildman–Crippen MR) is 58.7 cm³/mol. The van der Waals surface area contributed by atoms with Crippen LogP contribution in [0.5, 0.6) is 0 Å². The van der Waals surface area contributed by atoms with Crippen LogP contribution in [0, 0.1) is 0 Å². The van der Waals surface area contributed by atoms with E-state index in [0.29, 0.717) is 31.8 Å². The van der Waals surface area contributed by atoms with Crippen LogP contribution in [0.15, 0.2) is 0 Å². The molecule has 0 amide bonds. The molecule has 1 aliphatic carbocycles. The summed E-state index contributed by atoms with van der Waals surface area (Å²) in [6.45, 7) is 0.911. The minimum absolute atomic E-state index is 0.300. The largest absolute Gasteiger partial charge is 0.392 e. The average Bonchev–Trinajstić information content (AvgIpc) is 2.29. The van der Waals surface area contributed by atoms with Gasteiger partial charge in [0.25, 0.3) is 0 Å². The van der Waals surface area contributed by atoms with Crippen LogP contribution in [0.25, 0.3) is 0 Å². The van der Waals surface area contributed by atoms with Gasteiger partial charge in [0.15, 0.2) is 0 Å². The van der Waals surface area contributed by atoms with E-state index in [1.165, 1.54) is 6.42 Å². The van der Waals surface area contributed by atoms with E-state index in [2.05, 4.69) is 0 Å². The fourth-order valence-electron chi connectivity index (χ4n) is 1.96. The maximum atomic E-state index is 9.26. The third kappa shape index (κ3) is 4.93. The highest BCUT2D eigenvalue weighted by Crippen LogP contribution is 2.23. The molecule has 1 fully saturated rings. The maximum absolute atomic E-state index is 9.26. The fourth-order valence-corrected chi connectivity index (χ4v) is 1.96. The minimum atomic E-state index is -0.424. The van der Waals surface area contributed by atoms with Crippen molar-refractivity contribution in [2.75, 3.05) is 20.3 Å². The Bertz CT molecular complexity index is 166. The molecule has 0 radical (unpaired) electrons. The Morgan fingerprint density at radius 1 is 1.40 bits per heavy atom. The van der Waals surface area contributed by atoms with E-state index in [-0.39, 0.29) is 0 Å². The minimum Gasteiger partial charge on any atom is -0.392 e. The van der Waals surface area contributed by atoms with Gasteiger partial charge in [0.2, 0.25) is 0 Å². The molecule has 4 nitrogen and oxygen atoms in total. The number of hydrogen-bond acceptors (Lipinski definition) is 4. The summed E-state index contributed by atoms with van der Waals surface area (Å²) >= 11 is 0. The summed E-state index contributed by atoms with van der Waals surface area (Å²) in [6, 6.07) is 0. The Morgan fingerprint density at radius 2 is 2.13 bits per heavy atom. The van der Waals surface area contributed by atoms with Gasteiger partial charge in [-0.25, -0.2) is 0 Å². The zero-order valence-electron chi connectivity index (χ0n) is 9.52. The van der Waals surface area contributed by atoms with Crippen molar-refractivity contribution in [3.8, 4) is 0 Å². The highest BCUT2D eigenvalue weighted by molar-refractivity contribution is 4.73. The molecule has 0 heterocycles. The summed E-state index contributed by atoms with van der Waals surface area (Å²) in [4.78, 5) is 0. The van der Waals surface area contributed by atoms with E-state index in [9.17, 15) is 5.11 Å². The molecular formula is C11H23NO3. The number of aliphatic hydroxyl groups excluding tert-OH is 1. The van der Waals surface area contributed by atoms with Crippen molar-refractivity contribution in [2.45, 2.75) is 50.4 Å². The molecule has 0 aromatic heterocycles. The second-order valence-electron chi connectivity index (χ2n) is 4.20. The lowest BCUT2D eigenvalue weighted by Gasteiger charge is -2.28. The maximum Gasteiger partial charge on any atom is 0.0684 e. The van der Waals surface area contributed by atoms with E-state index < -0.39 is 6.10 Å². The molecule has 0 bridgehead atoms. The standard InChI is InChI=1S/C11H23NO3/c1-14-10-3-2-4-11(7-10)15-6-5-9(13)8-12/h9-11,13H,2-8,12H2,1H3. The van der Waals surface area contributed by atoms with E-state index in [0.717, 1.165) is 19.3 Å². The van der Waals surface area contributed by atoms with Crippen molar-refractivity contribution in [2.24, 2.45) is 5.73 Å². The molecule has 3 atom stereocenters. The van der Waals surface area contributed by atoms with Crippen molar-refractivity contribution in [1.82, 2.24) is 0 Å². The summed E-state index contributed by atoms with van der Waals surface area (Å²) in [7, 11) is 1.76. The molecule has 1 saturated carbocycles. The third-order valence-corrected chi connectivity index (χ3v) is 2.99. The van der Waals surface area contributed by atoms with Crippen LogP contribution in [0.4, 0.5) is 0 Å². The molecule has 0 spiro atoms. The van der Waals surface area contributed by atoms with E-state index in [1.54, 1.807) is 7.11 Å². The van der Waals surface area contributed by atoms with Crippen LogP contribution in [-0.2, 0) is 9.47 Å². The van der Waals surface area contributed by atoms with Gasteiger partial charge in [-0.15, -0.1) is 0 Å². The summed E-state index contributed by atoms with van der Waals surface area (Å²) in [6.07, 6.45) is 5.26. The lowest BCUT2D eigenvalue weighted by atomic mass is 9.95. The lowest BCUT2D eigenvalue weighted by Crippen LogP contribution is -2.29. The quantitative estimate of drug-likeness (QED) is 0.686. The van der Waals surface area contributed by atoms with Gasteiger partial charge in [-0.05, 0) is 32.1 Å². The van der Waals surface area contributed by atoms with Gasteiger partial charge in [0, 0.05) is 20.3 Å². The SMILES string of the molecule is COC1CCCC(OCCC(O)CN)C1. The molecule has 4 heteroatoms. The van der Waals surface area contributed by atoms with Gasteiger partial charge in [-0.1, -0.05) is 0 Å². The van der Waals surface area contributed by atoms with Gasteiger partial charge in [-0.2, -0.15) is 0 Å². The molecule has 90 valence electrons. The van der Waals surface area contributed by atoms with Crippen LogP contribution in [-0.4, -0.2) is 43.7 Å². The first kappa shape index (κ1) is 12.9. The monoisotopic (exact) mass is 217 g/mol. The highest BCUT2D eigenvalue weighted by atomic mass is 16.5. The molecular weight excluding hydrogens is 194 g/mol. The van der Waals surface area contributed by atoms with Gasteiger partial charge in [0.1, 0.15) is 0 Å². The zero-order chi connectivity index (χ0) is 11.1. The first-order valence-corrected chi connectivity index (χ1v) is 5.78. The lowest BCUT2D eigenvalue weighted by molar-refractivity contribution is -0.0365. The first-order chi connectivity index (χ1) is 7.26. The molecule has 3 N–H and O–H groups in total. The van der Waals surface area contributed by atoms with Crippen LogP contribution < -0.4 is 5.73 Å². The Balaban J connectivity index is 2.10. The zero-order valence-corrected chi connectivity index (χ0v) is 9.52. The smallest absolute Gasteiger partial charge is 0.0684 e. The van der Waals surface area contributed by atoms with Crippen LogP contribution in [0.1, 0.15) is 32.1 Å². The molecule has 1 rings (SSSR count). The van der Waals surface area contributed by atoms with Crippen molar-refractivity contribution in [3.05, 3.63) is 0 Å². The van der Waals surface area contributed by atoms with E-state index >= 15 is 0 Å². The Hall–Kier alpha value is -0.160. The number of ether oxygens (including phenoxy) is 2. The second kappa shape index (κ2) is 7.17. The molecule has 0 saturated heterocycles. The molecule has 1 aliphatic rings. The van der Waals surface area contributed by atoms with Gasteiger partial charge < -0.3 is 20.3 Å². The summed E-state index contributed by atoms with van der Waals surface area (Å²) in [5, 5.41) is 9.26. The Kier molecular flexibility index (Phi) is 6.17. The number of methoxy groups -OCH3 is 1. The topological polar surface area (TPSA) is 64.7 Å². The second-order valence-corrected chi connectivity index (χ2v) is 4.20. The average molecular weight is 217 g/mol. The van der Waals surface area contributed by atoms with Crippen molar-refractivity contribution in [3.63, 3.8) is 0 Å². The van der Waals surface area contributed by atoms with Crippen molar-refractivity contribution < 1.29 is 14.6 Å². The predicted octanol–water partition coefficient (Wildman–Crippen LogP) is 0.670. The molecule has 3 unspecified atom stereocenters. The summed E-state index contributed by atoms with van der Waals surface area (Å²) < 4.78 is 11.0. The number of hydrogen-bond donors (Lipinski definition) is 2. The normalized spacial score (nSPS) is 29.0. The van der Waals surface area contributed by atoms with Gasteiger partial charge in [-0.3, -0.25) is 0 Å². The molecule has 0 aliphatic heterocycles. The van der Waals surface area contributed by atoms with Crippen molar-refractivity contribution >= 4 is 0 Å². The van der Waals surface area contributed by atoms with Crippen molar-refractivity contribution in [1.29, 1.82) is 0 Å². The Morgan fingerprint density at radius 3 is 2.80 bits per heavy atom. The van der Waals surface area contributed by atoms with Gasteiger partial charge >= 0.3 is 0 Å².